The molecule has 0 unspecified atom stereocenters. The highest BCUT2D eigenvalue weighted by atomic mass is 35.5. The standard InChI is InChI=1S/C30H28Cl2N2O4S/c1-21-9-15-26(19-28(21)32)38-17-16-33-30(35)24-12-10-23(11-13-24)20-34(29-18-25(31)14-8-22(29)2)39(36,37)27-6-4-3-5-7-27/h3-15,18-19H,16-17,20H2,1-2H3,(H,33,35). The minimum absolute atomic E-state index is 0.0628. The van der Waals surface area contributed by atoms with Gasteiger partial charge >= 0.3 is 0 Å². The number of carbonyl (C=O) groups is 1. The van der Waals surface area contributed by atoms with Crippen molar-refractivity contribution in [2.24, 2.45) is 0 Å². The van der Waals surface area contributed by atoms with Crippen LogP contribution in [0, 0.1) is 13.8 Å². The number of halogens is 2. The van der Waals surface area contributed by atoms with Gasteiger partial charge < -0.3 is 10.1 Å². The van der Waals surface area contributed by atoms with Crippen molar-refractivity contribution in [3.8, 4) is 5.75 Å². The van der Waals surface area contributed by atoms with Crippen LogP contribution in [0.4, 0.5) is 5.69 Å². The van der Waals surface area contributed by atoms with Crippen LogP contribution in [-0.4, -0.2) is 27.5 Å². The van der Waals surface area contributed by atoms with Crippen LogP contribution in [0.25, 0.3) is 0 Å². The second kappa shape index (κ2) is 12.6. The lowest BCUT2D eigenvalue weighted by molar-refractivity contribution is 0.0947. The largest absolute Gasteiger partial charge is 0.492 e. The molecule has 0 bridgehead atoms. The van der Waals surface area contributed by atoms with E-state index in [4.69, 9.17) is 27.9 Å². The molecule has 0 fully saturated rings. The van der Waals surface area contributed by atoms with Gasteiger partial charge in [-0.15, -0.1) is 0 Å². The third-order valence-corrected chi connectivity index (χ3v) is 8.53. The Labute approximate surface area is 239 Å². The zero-order chi connectivity index (χ0) is 28.0. The number of nitrogens with one attached hydrogen (secondary N) is 1. The van der Waals surface area contributed by atoms with Crippen LogP contribution in [0.2, 0.25) is 10.0 Å². The summed E-state index contributed by atoms with van der Waals surface area (Å²) >= 11 is 12.3. The third-order valence-electron chi connectivity index (χ3n) is 6.11. The third kappa shape index (κ3) is 7.12. The highest BCUT2D eigenvalue weighted by Crippen LogP contribution is 2.31. The number of ether oxygens (including phenoxy) is 1. The summed E-state index contributed by atoms with van der Waals surface area (Å²) in [6.07, 6.45) is 0. The minimum Gasteiger partial charge on any atom is -0.492 e. The molecule has 1 amide bonds. The van der Waals surface area contributed by atoms with Crippen molar-refractivity contribution in [3.63, 3.8) is 0 Å². The van der Waals surface area contributed by atoms with Crippen molar-refractivity contribution in [1.82, 2.24) is 5.32 Å². The molecule has 0 aromatic heterocycles. The van der Waals surface area contributed by atoms with Gasteiger partial charge in [0.05, 0.1) is 23.7 Å². The Morgan fingerprint density at radius 1 is 0.872 bits per heavy atom. The van der Waals surface area contributed by atoms with E-state index in [2.05, 4.69) is 5.32 Å². The molecular weight excluding hydrogens is 555 g/mol. The fourth-order valence-corrected chi connectivity index (χ4v) is 5.76. The lowest BCUT2D eigenvalue weighted by atomic mass is 10.1. The van der Waals surface area contributed by atoms with E-state index in [1.54, 1.807) is 78.9 Å². The van der Waals surface area contributed by atoms with Gasteiger partial charge in [-0.05, 0) is 79.1 Å². The highest BCUT2D eigenvalue weighted by molar-refractivity contribution is 7.92. The van der Waals surface area contributed by atoms with Gasteiger partial charge in [-0.25, -0.2) is 8.42 Å². The van der Waals surface area contributed by atoms with Gasteiger partial charge in [0.2, 0.25) is 0 Å². The smallest absolute Gasteiger partial charge is 0.264 e. The van der Waals surface area contributed by atoms with E-state index in [9.17, 15) is 13.2 Å². The fourth-order valence-electron chi connectivity index (χ4n) is 3.90. The lowest BCUT2D eigenvalue weighted by Crippen LogP contribution is -2.31. The van der Waals surface area contributed by atoms with Gasteiger partial charge in [0.1, 0.15) is 12.4 Å². The molecule has 1 N–H and O–H groups in total. The number of carbonyl (C=O) groups excluding carboxylic acids is 1. The van der Waals surface area contributed by atoms with Gasteiger partial charge in [0.15, 0.2) is 0 Å². The summed E-state index contributed by atoms with van der Waals surface area (Å²) in [5.74, 6) is 0.376. The van der Waals surface area contributed by atoms with E-state index in [0.717, 1.165) is 11.1 Å². The van der Waals surface area contributed by atoms with Crippen molar-refractivity contribution in [3.05, 3.63) is 123 Å². The van der Waals surface area contributed by atoms with Gasteiger partial charge in [-0.3, -0.25) is 9.10 Å². The number of rotatable bonds is 10. The minimum atomic E-state index is -3.89. The molecule has 9 heteroatoms. The average Bonchev–Trinajstić information content (AvgIpc) is 2.93. The number of amides is 1. The Kier molecular flexibility index (Phi) is 9.17. The molecule has 0 atom stereocenters. The second-order valence-corrected chi connectivity index (χ2v) is 11.7. The van der Waals surface area contributed by atoms with Gasteiger partial charge in [0.25, 0.3) is 15.9 Å². The first kappa shape index (κ1) is 28.5. The first-order valence-corrected chi connectivity index (χ1v) is 14.4. The maximum Gasteiger partial charge on any atom is 0.264 e. The molecule has 0 radical (unpaired) electrons. The summed E-state index contributed by atoms with van der Waals surface area (Å²) in [6.45, 7) is 4.41. The first-order valence-electron chi connectivity index (χ1n) is 12.2. The second-order valence-electron chi connectivity index (χ2n) is 8.97. The quantitative estimate of drug-likeness (QED) is 0.208. The van der Waals surface area contributed by atoms with Crippen molar-refractivity contribution < 1.29 is 17.9 Å². The molecule has 4 rings (SSSR count). The lowest BCUT2D eigenvalue weighted by Gasteiger charge is -2.26. The van der Waals surface area contributed by atoms with Crippen molar-refractivity contribution >= 4 is 44.8 Å². The molecule has 39 heavy (non-hydrogen) atoms. The van der Waals surface area contributed by atoms with Crippen molar-refractivity contribution in [1.29, 1.82) is 0 Å². The monoisotopic (exact) mass is 582 g/mol. The molecule has 0 saturated heterocycles. The first-order chi connectivity index (χ1) is 18.6. The van der Waals surface area contributed by atoms with Crippen LogP contribution >= 0.6 is 23.2 Å². The maximum atomic E-state index is 13.7. The van der Waals surface area contributed by atoms with Gasteiger partial charge in [-0.2, -0.15) is 0 Å². The molecule has 0 spiro atoms. The van der Waals surface area contributed by atoms with E-state index in [1.807, 2.05) is 26.0 Å². The van der Waals surface area contributed by atoms with Crippen molar-refractivity contribution in [2.75, 3.05) is 17.5 Å². The number of benzene rings is 4. The molecule has 0 heterocycles. The van der Waals surface area contributed by atoms with E-state index < -0.39 is 10.0 Å². The summed E-state index contributed by atoms with van der Waals surface area (Å²) in [5.41, 5.74) is 3.39. The summed E-state index contributed by atoms with van der Waals surface area (Å²) in [7, 11) is -3.89. The SMILES string of the molecule is Cc1ccc(OCCNC(=O)c2ccc(CN(c3cc(Cl)ccc3C)S(=O)(=O)c3ccccc3)cc2)cc1Cl. The number of hydrogen-bond acceptors (Lipinski definition) is 4. The molecule has 0 aliphatic rings. The zero-order valence-electron chi connectivity index (χ0n) is 21.5. The zero-order valence-corrected chi connectivity index (χ0v) is 23.9. The normalized spacial score (nSPS) is 11.2. The van der Waals surface area contributed by atoms with Crippen LogP contribution in [0.5, 0.6) is 5.75 Å². The van der Waals surface area contributed by atoms with Crippen LogP contribution in [0.1, 0.15) is 27.0 Å². The Morgan fingerprint density at radius 3 is 2.26 bits per heavy atom. The molecule has 202 valence electrons. The molecule has 0 saturated carbocycles. The van der Waals surface area contributed by atoms with Gasteiger partial charge in [0, 0.05) is 15.6 Å². The highest BCUT2D eigenvalue weighted by Gasteiger charge is 2.26. The van der Waals surface area contributed by atoms with E-state index in [1.165, 1.54) is 4.31 Å². The molecule has 4 aromatic carbocycles. The predicted molar refractivity (Wildman–Crippen MR) is 156 cm³/mol. The summed E-state index contributed by atoms with van der Waals surface area (Å²) in [5, 5.41) is 3.88. The summed E-state index contributed by atoms with van der Waals surface area (Å²) < 4.78 is 34.3. The average molecular weight is 584 g/mol. The topological polar surface area (TPSA) is 75.7 Å². The van der Waals surface area contributed by atoms with Crippen LogP contribution in [0.15, 0.2) is 95.9 Å². The van der Waals surface area contributed by atoms with Crippen LogP contribution in [-0.2, 0) is 16.6 Å². The molecule has 0 aliphatic heterocycles. The number of aryl methyl sites for hydroxylation is 2. The Balaban J connectivity index is 1.45. The van der Waals surface area contributed by atoms with E-state index >= 15 is 0 Å². The molecule has 4 aromatic rings. The maximum absolute atomic E-state index is 13.7. The Hall–Kier alpha value is -3.52. The fraction of sp³-hybridized carbons (Fsp3) is 0.167. The van der Waals surface area contributed by atoms with Crippen LogP contribution in [0.3, 0.4) is 0 Å². The molecule has 6 nitrogen and oxygen atoms in total. The number of nitrogens with zero attached hydrogens (tertiary/aromatic N) is 1. The summed E-state index contributed by atoms with van der Waals surface area (Å²) in [4.78, 5) is 12.8. The van der Waals surface area contributed by atoms with E-state index in [0.29, 0.717) is 39.2 Å². The molecule has 0 aliphatic carbocycles. The Bertz CT molecular complexity index is 1560. The van der Waals surface area contributed by atoms with Crippen LogP contribution < -0.4 is 14.4 Å². The number of hydrogen-bond donors (Lipinski definition) is 1. The molecular formula is C30H28Cl2N2O4S. The number of sulfonamides is 1. The van der Waals surface area contributed by atoms with Gasteiger partial charge in [-0.1, -0.05) is 65.7 Å². The Morgan fingerprint density at radius 2 is 1.56 bits per heavy atom. The number of anilines is 1. The van der Waals surface area contributed by atoms with E-state index in [-0.39, 0.29) is 24.0 Å². The predicted octanol–water partition coefficient (Wildman–Crippen LogP) is 6.81. The van der Waals surface area contributed by atoms with Crippen molar-refractivity contribution in [2.45, 2.75) is 25.3 Å². The summed E-state index contributed by atoms with van der Waals surface area (Å²) in [6, 6.07) is 25.7.